The number of nitrogens with one attached hydrogen (secondary N) is 1. The van der Waals surface area contributed by atoms with Crippen LogP contribution in [0.5, 0.6) is 0 Å². The highest BCUT2D eigenvalue weighted by atomic mass is 16.6. The molecule has 0 unspecified atom stereocenters. The first-order valence-electron chi connectivity index (χ1n) is 1.86. The molecule has 0 heterocycles. The van der Waals surface area contributed by atoms with Gasteiger partial charge < -0.3 is 4.84 Å². The predicted molar refractivity (Wildman–Crippen MR) is 28.8 cm³/mol. The molecule has 0 aromatic heterocycles. The molecule has 7 heavy (non-hydrogen) atoms. The third kappa shape index (κ3) is 5.17. The highest BCUT2D eigenvalue weighted by Gasteiger charge is 1.60. The van der Waals surface area contributed by atoms with Gasteiger partial charge in [0.15, 0.2) is 0 Å². The lowest BCUT2D eigenvalue weighted by molar-refractivity contribution is 0.222. The second-order valence-corrected chi connectivity index (χ2v) is 0.759. The molecule has 0 atom stereocenters. The van der Waals surface area contributed by atoms with Gasteiger partial charge >= 0.3 is 0 Å². The molecule has 0 aromatic carbocycles. The van der Waals surface area contributed by atoms with Crippen LogP contribution in [-0.4, -0.2) is 13.4 Å². The van der Waals surface area contributed by atoms with E-state index in [9.17, 15) is 0 Å². The summed E-state index contributed by atoms with van der Waals surface area (Å²) in [6.45, 7) is 3.33. The summed E-state index contributed by atoms with van der Waals surface area (Å²) in [7, 11) is 1.65. The van der Waals surface area contributed by atoms with Crippen LogP contribution < -0.4 is 5.48 Å². The summed E-state index contributed by atoms with van der Waals surface area (Å²) in [4.78, 5) is 7.98. The number of hydrogen-bond acceptors (Lipinski definition) is 3. The van der Waals surface area contributed by atoms with Crippen molar-refractivity contribution in [3.05, 3.63) is 12.8 Å². The average molecular weight is 100 g/mol. The van der Waals surface area contributed by atoms with Crippen LogP contribution in [0.4, 0.5) is 0 Å². The SMILES string of the molecule is C=C/N=C\ONC. The molecule has 0 radical (unpaired) electrons. The number of hydrogen-bond donors (Lipinski definition) is 1. The van der Waals surface area contributed by atoms with Gasteiger partial charge in [0, 0.05) is 13.2 Å². The summed E-state index contributed by atoms with van der Waals surface area (Å²) in [5.41, 5.74) is 2.41. The fourth-order valence-corrected chi connectivity index (χ4v) is 0.126. The van der Waals surface area contributed by atoms with Crippen molar-refractivity contribution in [3.8, 4) is 0 Å². The molecular formula is C4H8N2O. The highest BCUT2D eigenvalue weighted by Crippen LogP contribution is 1.61. The summed E-state index contributed by atoms with van der Waals surface area (Å²) in [5, 5.41) is 0. The van der Waals surface area contributed by atoms with Crippen molar-refractivity contribution in [1.29, 1.82) is 0 Å². The normalized spacial score (nSPS) is 9.29. The number of rotatable bonds is 3. The third-order valence-electron chi connectivity index (χ3n) is 0.337. The van der Waals surface area contributed by atoms with Crippen LogP contribution in [0.25, 0.3) is 0 Å². The molecule has 0 fully saturated rings. The minimum atomic E-state index is 1.26. The first kappa shape index (κ1) is 6.17. The van der Waals surface area contributed by atoms with E-state index in [0.717, 1.165) is 0 Å². The Labute approximate surface area is 42.7 Å². The van der Waals surface area contributed by atoms with Gasteiger partial charge in [-0.25, -0.2) is 4.99 Å². The zero-order chi connectivity index (χ0) is 5.54. The summed E-state index contributed by atoms with van der Waals surface area (Å²) >= 11 is 0. The maximum Gasteiger partial charge on any atom is 0.200 e. The van der Waals surface area contributed by atoms with Gasteiger partial charge in [0.2, 0.25) is 6.40 Å². The summed E-state index contributed by atoms with van der Waals surface area (Å²) in [6, 6.07) is 0. The Morgan fingerprint density at radius 1 is 1.86 bits per heavy atom. The molecule has 0 saturated heterocycles. The van der Waals surface area contributed by atoms with Gasteiger partial charge in [-0.3, -0.25) is 0 Å². The van der Waals surface area contributed by atoms with Crippen molar-refractivity contribution in [2.45, 2.75) is 0 Å². The van der Waals surface area contributed by atoms with Crippen LogP contribution in [0.1, 0.15) is 0 Å². The molecular weight excluding hydrogens is 92.1 g/mol. The van der Waals surface area contributed by atoms with E-state index in [4.69, 9.17) is 0 Å². The zero-order valence-corrected chi connectivity index (χ0v) is 4.22. The molecule has 3 heteroatoms. The van der Waals surface area contributed by atoms with Gasteiger partial charge in [-0.2, -0.15) is 5.48 Å². The standard InChI is InChI=1S/C4H8N2O/c1-3-6-4-7-5-2/h3-5H,1H2,2H3/b6-4-. The van der Waals surface area contributed by atoms with Crippen molar-refractivity contribution in [1.82, 2.24) is 5.48 Å². The number of nitrogens with zero attached hydrogens (tertiary/aromatic N) is 1. The Kier molecular flexibility index (Phi) is 4.56. The maximum absolute atomic E-state index is 4.46. The van der Waals surface area contributed by atoms with Crippen molar-refractivity contribution in [2.75, 3.05) is 7.05 Å². The maximum atomic E-state index is 4.46. The number of aliphatic imine (C=N–C) groups is 1. The number of hydroxylamine groups is 1. The Bertz CT molecular complexity index is 70.1. The molecule has 0 bridgehead atoms. The fourth-order valence-electron chi connectivity index (χ4n) is 0.126. The van der Waals surface area contributed by atoms with Gasteiger partial charge in [0.1, 0.15) is 0 Å². The first-order valence-corrected chi connectivity index (χ1v) is 1.86. The van der Waals surface area contributed by atoms with Gasteiger partial charge in [-0.05, 0) is 0 Å². The van der Waals surface area contributed by atoms with Gasteiger partial charge in [0.25, 0.3) is 0 Å². The van der Waals surface area contributed by atoms with Crippen LogP contribution in [-0.2, 0) is 4.84 Å². The van der Waals surface area contributed by atoms with E-state index in [-0.39, 0.29) is 0 Å². The second kappa shape index (κ2) is 5.17. The smallest absolute Gasteiger partial charge is 0.200 e. The average Bonchev–Trinajstić information content (AvgIpc) is 1.69. The van der Waals surface area contributed by atoms with Crippen molar-refractivity contribution in [3.63, 3.8) is 0 Å². The van der Waals surface area contributed by atoms with Crippen LogP contribution in [0, 0.1) is 0 Å². The Hall–Kier alpha value is -0.830. The van der Waals surface area contributed by atoms with Gasteiger partial charge in [0.05, 0.1) is 0 Å². The highest BCUT2D eigenvalue weighted by molar-refractivity contribution is 5.46. The Morgan fingerprint density at radius 2 is 2.57 bits per heavy atom. The van der Waals surface area contributed by atoms with Crippen molar-refractivity contribution >= 4 is 6.40 Å². The van der Waals surface area contributed by atoms with Crippen LogP contribution in [0.2, 0.25) is 0 Å². The van der Waals surface area contributed by atoms with Gasteiger partial charge in [-0.1, -0.05) is 6.58 Å². The van der Waals surface area contributed by atoms with Crippen LogP contribution in [0.3, 0.4) is 0 Å². The van der Waals surface area contributed by atoms with Crippen molar-refractivity contribution < 1.29 is 4.84 Å². The Morgan fingerprint density at radius 3 is 3.00 bits per heavy atom. The predicted octanol–water partition coefficient (Wildman–Crippen LogP) is 0.309. The topological polar surface area (TPSA) is 33.6 Å². The monoisotopic (exact) mass is 100 g/mol. The van der Waals surface area contributed by atoms with E-state index in [2.05, 4.69) is 21.9 Å². The quantitative estimate of drug-likeness (QED) is 0.314. The fraction of sp³-hybridized carbons (Fsp3) is 0.250. The van der Waals surface area contributed by atoms with Crippen molar-refractivity contribution in [2.24, 2.45) is 4.99 Å². The third-order valence-corrected chi connectivity index (χ3v) is 0.337. The molecule has 0 aliphatic rings. The summed E-state index contributed by atoms with van der Waals surface area (Å²) in [6.07, 6.45) is 2.64. The summed E-state index contributed by atoms with van der Waals surface area (Å²) < 4.78 is 0. The molecule has 0 aromatic rings. The zero-order valence-electron chi connectivity index (χ0n) is 4.22. The molecule has 1 N–H and O–H groups in total. The first-order chi connectivity index (χ1) is 3.41. The van der Waals surface area contributed by atoms with E-state index in [1.165, 1.54) is 12.6 Å². The molecule has 3 nitrogen and oxygen atoms in total. The van der Waals surface area contributed by atoms with Gasteiger partial charge in [-0.15, -0.1) is 0 Å². The van der Waals surface area contributed by atoms with E-state index in [0.29, 0.717) is 0 Å². The molecule has 0 amide bonds. The molecule has 0 rings (SSSR count). The second-order valence-electron chi connectivity index (χ2n) is 0.759. The minimum absolute atomic E-state index is 1.26. The molecule has 0 aliphatic carbocycles. The summed E-state index contributed by atoms with van der Waals surface area (Å²) in [5.74, 6) is 0. The van der Waals surface area contributed by atoms with E-state index in [1.807, 2.05) is 0 Å². The minimum Gasteiger partial charge on any atom is -0.397 e. The molecule has 0 aliphatic heterocycles. The van der Waals surface area contributed by atoms with E-state index in [1.54, 1.807) is 7.05 Å². The van der Waals surface area contributed by atoms with Crippen LogP contribution in [0.15, 0.2) is 17.8 Å². The van der Waals surface area contributed by atoms with E-state index >= 15 is 0 Å². The Balaban J connectivity index is 2.92. The molecule has 40 valence electrons. The largest absolute Gasteiger partial charge is 0.397 e. The lowest BCUT2D eigenvalue weighted by Gasteiger charge is -1.87. The lowest BCUT2D eigenvalue weighted by Crippen LogP contribution is -2.03. The lowest BCUT2D eigenvalue weighted by atomic mass is 11.1. The van der Waals surface area contributed by atoms with E-state index < -0.39 is 0 Å². The molecule has 0 spiro atoms. The molecule has 0 saturated carbocycles. The van der Waals surface area contributed by atoms with Crippen LogP contribution >= 0.6 is 0 Å².